The summed E-state index contributed by atoms with van der Waals surface area (Å²) >= 11 is 0. The predicted molar refractivity (Wildman–Crippen MR) is 182 cm³/mol. The van der Waals surface area contributed by atoms with Gasteiger partial charge in [-0.25, -0.2) is 0 Å². The highest BCUT2D eigenvalue weighted by Crippen LogP contribution is 2.18. The Morgan fingerprint density at radius 3 is 0.896 bits per heavy atom. The minimum atomic E-state index is -0.620. The zero-order valence-corrected chi connectivity index (χ0v) is 28.6. The molecule has 0 heterocycles. The van der Waals surface area contributed by atoms with Crippen molar-refractivity contribution in [3.8, 4) is 11.5 Å². The molecule has 0 bridgehead atoms. The number of nitrogens with one attached hydrogen (secondary N) is 2. The normalized spacial score (nSPS) is 12.1. The van der Waals surface area contributed by atoms with E-state index in [-0.39, 0.29) is 38.0 Å². The Kier molecular flexibility index (Phi) is 17.0. The second kappa shape index (κ2) is 21.2. The summed E-state index contributed by atoms with van der Waals surface area (Å²) in [6.07, 6.45) is -1.24. The van der Waals surface area contributed by atoms with Gasteiger partial charge in [0.25, 0.3) is 0 Å². The van der Waals surface area contributed by atoms with Gasteiger partial charge in [0.1, 0.15) is 76.2 Å². The second-order valence-corrected chi connectivity index (χ2v) is 12.0. The SMILES string of the molecule is OC(COc1ccc(OCC(O)C[NH+](Cc2ccccc2)Cc2ccccc2)cc1)C[NH+](Cc1ccccc1)Cc1ccccc1.[Cl-].[Cl-]. The van der Waals surface area contributed by atoms with Gasteiger partial charge in [0, 0.05) is 22.3 Å². The van der Waals surface area contributed by atoms with E-state index in [4.69, 9.17) is 9.47 Å². The Bertz CT molecular complexity index is 1330. The third kappa shape index (κ3) is 13.7. The zero-order valence-electron chi connectivity index (χ0n) is 27.1. The smallest absolute Gasteiger partial charge is 0.137 e. The van der Waals surface area contributed by atoms with Crippen LogP contribution in [0.15, 0.2) is 146 Å². The van der Waals surface area contributed by atoms with Crippen LogP contribution in [0.4, 0.5) is 0 Å². The lowest BCUT2D eigenvalue weighted by Gasteiger charge is -2.23. The Labute approximate surface area is 297 Å². The first kappa shape index (κ1) is 38.6. The fourth-order valence-corrected chi connectivity index (χ4v) is 5.75. The van der Waals surface area contributed by atoms with Crippen molar-refractivity contribution in [1.29, 1.82) is 0 Å². The van der Waals surface area contributed by atoms with E-state index in [0.29, 0.717) is 24.6 Å². The second-order valence-electron chi connectivity index (χ2n) is 12.0. The van der Waals surface area contributed by atoms with E-state index in [2.05, 4.69) is 97.1 Å². The molecular weight excluding hydrogens is 643 g/mol. The van der Waals surface area contributed by atoms with E-state index in [9.17, 15) is 10.2 Å². The summed E-state index contributed by atoms with van der Waals surface area (Å²) in [6.45, 7) is 4.82. The summed E-state index contributed by atoms with van der Waals surface area (Å²) in [6, 6.07) is 48.9. The molecule has 0 aliphatic heterocycles. The Hall–Kier alpha value is -3.88. The summed E-state index contributed by atoms with van der Waals surface area (Å²) in [5, 5.41) is 21.8. The van der Waals surface area contributed by atoms with Crippen molar-refractivity contribution in [3.63, 3.8) is 0 Å². The van der Waals surface area contributed by atoms with Crippen molar-refractivity contribution in [2.75, 3.05) is 26.3 Å². The molecule has 0 aromatic heterocycles. The lowest BCUT2D eigenvalue weighted by atomic mass is 10.1. The van der Waals surface area contributed by atoms with Crippen molar-refractivity contribution < 1.29 is 54.3 Å². The van der Waals surface area contributed by atoms with Gasteiger partial charge >= 0.3 is 0 Å². The first-order valence-corrected chi connectivity index (χ1v) is 16.1. The Morgan fingerprint density at radius 2 is 0.646 bits per heavy atom. The van der Waals surface area contributed by atoms with Crippen molar-refractivity contribution in [1.82, 2.24) is 0 Å². The maximum absolute atomic E-state index is 10.9. The maximum Gasteiger partial charge on any atom is 0.137 e. The molecule has 0 spiro atoms. The van der Waals surface area contributed by atoms with Crippen molar-refractivity contribution >= 4 is 0 Å². The Balaban J connectivity index is 0.00000312. The van der Waals surface area contributed by atoms with Crippen LogP contribution in [-0.4, -0.2) is 48.7 Å². The molecule has 8 heteroatoms. The van der Waals surface area contributed by atoms with Gasteiger partial charge in [-0.2, -0.15) is 0 Å². The summed E-state index contributed by atoms with van der Waals surface area (Å²) in [4.78, 5) is 2.53. The zero-order chi connectivity index (χ0) is 31.8. The minimum absolute atomic E-state index is 0. The van der Waals surface area contributed by atoms with Gasteiger partial charge in [0.2, 0.25) is 0 Å². The van der Waals surface area contributed by atoms with E-state index in [1.807, 2.05) is 48.5 Å². The topological polar surface area (TPSA) is 67.8 Å². The van der Waals surface area contributed by atoms with Crippen LogP contribution >= 0.6 is 0 Å². The van der Waals surface area contributed by atoms with Crippen molar-refractivity contribution in [3.05, 3.63) is 168 Å². The van der Waals surface area contributed by atoms with E-state index in [0.717, 1.165) is 26.2 Å². The van der Waals surface area contributed by atoms with Crippen LogP contribution < -0.4 is 44.1 Å². The monoisotopic (exact) mass is 688 g/mol. The van der Waals surface area contributed by atoms with Gasteiger partial charge in [0.15, 0.2) is 0 Å². The number of aliphatic hydroxyl groups excluding tert-OH is 2. The number of halogens is 2. The molecule has 5 aromatic rings. The van der Waals surface area contributed by atoms with Gasteiger partial charge in [-0.3, -0.25) is 0 Å². The highest BCUT2D eigenvalue weighted by atomic mass is 35.5. The van der Waals surface area contributed by atoms with Crippen molar-refractivity contribution in [2.24, 2.45) is 0 Å². The summed E-state index contributed by atoms with van der Waals surface area (Å²) in [5.41, 5.74) is 4.96. The van der Waals surface area contributed by atoms with Crippen LogP contribution in [0.2, 0.25) is 0 Å². The molecule has 0 aliphatic rings. The molecule has 254 valence electrons. The standard InChI is InChI=1S/C40H44N2O4.2ClH/c43-37(29-41(25-33-13-5-1-6-14-33)26-34-15-7-2-8-16-34)31-45-39-21-23-40(24-22-39)46-32-38(44)30-42(27-35-17-9-3-10-18-35)28-36-19-11-4-12-20-36;;/h1-24,37-38,43-44H,25-32H2;2*1H. The molecule has 0 saturated carbocycles. The fraction of sp³-hybridized carbons (Fsp3) is 0.250. The van der Waals surface area contributed by atoms with E-state index in [1.54, 1.807) is 0 Å². The molecule has 0 fully saturated rings. The molecule has 0 radical (unpaired) electrons. The number of hydrogen-bond donors (Lipinski definition) is 4. The number of rotatable bonds is 18. The maximum atomic E-state index is 10.9. The van der Waals surface area contributed by atoms with Crippen molar-refractivity contribution in [2.45, 2.75) is 38.4 Å². The van der Waals surface area contributed by atoms with Gasteiger partial charge in [0.05, 0.1) is 0 Å². The molecule has 0 saturated heterocycles. The molecule has 0 aliphatic carbocycles. The first-order chi connectivity index (χ1) is 22.6. The van der Waals surface area contributed by atoms with Crippen LogP contribution in [0.3, 0.4) is 0 Å². The molecular formula is C40H46Cl2N2O4. The third-order valence-electron chi connectivity index (χ3n) is 7.94. The van der Waals surface area contributed by atoms with Crippen LogP contribution in [-0.2, 0) is 26.2 Å². The highest BCUT2D eigenvalue weighted by Gasteiger charge is 2.19. The van der Waals surface area contributed by atoms with E-state index < -0.39 is 12.2 Å². The number of aliphatic hydroxyl groups is 2. The number of quaternary nitrogens is 2. The van der Waals surface area contributed by atoms with E-state index >= 15 is 0 Å². The molecule has 48 heavy (non-hydrogen) atoms. The van der Waals surface area contributed by atoms with Gasteiger partial charge in [-0.1, -0.05) is 121 Å². The third-order valence-corrected chi connectivity index (χ3v) is 7.94. The molecule has 2 atom stereocenters. The summed E-state index contributed by atoms with van der Waals surface area (Å²) < 4.78 is 11.9. The number of ether oxygens (including phenoxy) is 2. The minimum Gasteiger partial charge on any atom is -1.00 e. The van der Waals surface area contributed by atoms with Crippen LogP contribution in [0, 0.1) is 0 Å². The largest absolute Gasteiger partial charge is 1.00 e. The number of benzene rings is 5. The molecule has 5 aromatic carbocycles. The van der Waals surface area contributed by atoms with Gasteiger partial charge < -0.3 is 54.3 Å². The molecule has 5 rings (SSSR count). The molecule has 2 unspecified atom stereocenters. The number of hydrogen-bond acceptors (Lipinski definition) is 4. The van der Waals surface area contributed by atoms with Gasteiger partial charge in [-0.05, 0) is 24.3 Å². The predicted octanol–water partition coefficient (Wildman–Crippen LogP) is -2.26. The average molecular weight is 690 g/mol. The first-order valence-electron chi connectivity index (χ1n) is 16.1. The van der Waals surface area contributed by atoms with Crippen LogP contribution in [0.5, 0.6) is 11.5 Å². The summed E-state index contributed by atoms with van der Waals surface area (Å²) in [5.74, 6) is 1.34. The average Bonchev–Trinajstić information content (AvgIpc) is 3.09. The quantitative estimate of drug-likeness (QED) is 0.0841. The highest BCUT2D eigenvalue weighted by molar-refractivity contribution is 5.31. The van der Waals surface area contributed by atoms with Gasteiger partial charge in [-0.15, -0.1) is 0 Å². The lowest BCUT2D eigenvalue weighted by molar-refractivity contribution is -0.930. The molecule has 4 N–H and O–H groups in total. The van der Waals surface area contributed by atoms with Crippen LogP contribution in [0.25, 0.3) is 0 Å². The lowest BCUT2D eigenvalue weighted by Crippen LogP contribution is -3.10. The van der Waals surface area contributed by atoms with E-state index in [1.165, 1.54) is 32.1 Å². The Morgan fingerprint density at radius 1 is 0.396 bits per heavy atom. The fourth-order valence-electron chi connectivity index (χ4n) is 5.75. The molecule has 0 amide bonds. The summed E-state index contributed by atoms with van der Waals surface area (Å²) in [7, 11) is 0. The van der Waals surface area contributed by atoms with Crippen LogP contribution in [0.1, 0.15) is 22.3 Å². The molecule has 6 nitrogen and oxygen atoms in total.